The summed E-state index contributed by atoms with van der Waals surface area (Å²) in [6.45, 7) is 3.26. The Hall–Kier alpha value is -0.570. The molecule has 0 fully saturated rings. The molecule has 0 amide bonds. The number of carbonyl (C=O) groups excluding carboxylic acids is 1. The fraction of sp³-hybridized carbons (Fsp3) is 0.970. The molecule has 0 saturated carbocycles. The summed E-state index contributed by atoms with van der Waals surface area (Å²) >= 11 is 0. The maximum absolute atomic E-state index is 11.9. The van der Waals surface area contributed by atoms with E-state index in [4.69, 9.17) is 9.84 Å². The van der Waals surface area contributed by atoms with Gasteiger partial charge in [0.15, 0.2) is 0 Å². The minimum absolute atomic E-state index is 0.0169. The summed E-state index contributed by atoms with van der Waals surface area (Å²) in [5.74, 6) is 0.0169. The van der Waals surface area contributed by atoms with Crippen LogP contribution in [-0.2, 0) is 9.53 Å². The van der Waals surface area contributed by atoms with E-state index in [0.717, 1.165) is 19.3 Å². The van der Waals surface area contributed by atoms with Gasteiger partial charge in [-0.15, -0.1) is 0 Å². The van der Waals surface area contributed by atoms with Gasteiger partial charge in [0.05, 0.1) is 6.61 Å². The molecule has 0 aliphatic carbocycles. The molecule has 0 aromatic heterocycles. The molecule has 0 radical (unpaired) electrons. The second-order valence-corrected chi connectivity index (χ2v) is 11.2. The Balaban J connectivity index is 3.13. The molecule has 1 N–H and O–H groups in total. The SMILES string of the molecule is CCCCCCCCCCCCCCCC(=O)OCCCCCCCCCCCCCCCCCO. The Kier molecular flexibility index (Phi) is 31.9. The largest absolute Gasteiger partial charge is 0.466 e. The van der Waals surface area contributed by atoms with Crippen molar-refractivity contribution in [3.8, 4) is 0 Å². The summed E-state index contributed by atoms with van der Waals surface area (Å²) in [7, 11) is 0. The molecule has 0 heterocycles. The third kappa shape index (κ3) is 31.5. The number of esters is 1. The van der Waals surface area contributed by atoms with Gasteiger partial charge in [-0.2, -0.15) is 0 Å². The number of aliphatic hydroxyl groups excluding tert-OH is 1. The van der Waals surface area contributed by atoms with E-state index < -0.39 is 0 Å². The summed E-state index contributed by atoms with van der Waals surface area (Å²) in [4.78, 5) is 11.9. The van der Waals surface area contributed by atoms with Crippen molar-refractivity contribution < 1.29 is 14.6 Å². The minimum Gasteiger partial charge on any atom is -0.466 e. The van der Waals surface area contributed by atoms with Gasteiger partial charge in [0, 0.05) is 13.0 Å². The maximum Gasteiger partial charge on any atom is 0.305 e. The molecule has 0 aromatic rings. The Morgan fingerprint density at radius 1 is 0.444 bits per heavy atom. The second kappa shape index (κ2) is 32.5. The molecule has 0 rings (SSSR count). The van der Waals surface area contributed by atoms with Crippen LogP contribution in [-0.4, -0.2) is 24.3 Å². The van der Waals surface area contributed by atoms with Crippen LogP contribution in [0.3, 0.4) is 0 Å². The van der Waals surface area contributed by atoms with E-state index in [1.807, 2.05) is 0 Å². The van der Waals surface area contributed by atoms with Crippen molar-refractivity contribution in [1.82, 2.24) is 0 Å². The van der Waals surface area contributed by atoms with Crippen molar-refractivity contribution >= 4 is 5.97 Å². The third-order valence-corrected chi connectivity index (χ3v) is 7.55. The number of rotatable bonds is 31. The van der Waals surface area contributed by atoms with Crippen LogP contribution in [0.4, 0.5) is 0 Å². The van der Waals surface area contributed by atoms with Crippen molar-refractivity contribution in [1.29, 1.82) is 0 Å². The van der Waals surface area contributed by atoms with Crippen LogP contribution in [0.15, 0.2) is 0 Å². The van der Waals surface area contributed by atoms with Crippen LogP contribution in [0, 0.1) is 0 Å². The lowest BCUT2D eigenvalue weighted by Crippen LogP contribution is -2.05. The fourth-order valence-corrected chi connectivity index (χ4v) is 5.06. The van der Waals surface area contributed by atoms with E-state index in [0.29, 0.717) is 19.6 Å². The van der Waals surface area contributed by atoms with E-state index in [-0.39, 0.29) is 5.97 Å². The average molecular weight is 511 g/mol. The van der Waals surface area contributed by atoms with E-state index in [9.17, 15) is 4.79 Å². The first-order chi connectivity index (χ1) is 17.8. The molecule has 0 saturated heterocycles. The molecule has 216 valence electrons. The zero-order chi connectivity index (χ0) is 26.2. The van der Waals surface area contributed by atoms with Gasteiger partial charge in [-0.25, -0.2) is 0 Å². The molecule has 0 aliphatic rings. The van der Waals surface area contributed by atoms with Crippen LogP contribution in [0.1, 0.15) is 193 Å². The quantitative estimate of drug-likeness (QED) is 0.0745. The van der Waals surface area contributed by atoms with Crippen LogP contribution in [0.25, 0.3) is 0 Å². The highest BCUT2D eigenvalue weighted by Gasteiger charge is 2.02. The molecule has 0 atom stereocenters. The van der Waals surface area contributed by atoms with Gasteiger partial charge < -0.3 is 9.84 Å². The van der Waals surface area contributed by atoms with Crippen LogP contribution in [0.5, 0.6) is 0 Å². The van der Waals surface area contributed by atoms with Crippen molar-refractivity contribution in [2.75, 3.05) is 13.2 Å². The highest BCUT2D eigenvalue weighted by Crippen LogP contribution is 2.15. The number of aliphatic hydroxyl groups is 1. The molecule has 36 heavy (non-hydrogen) atoms. The van der Waals surface area contributed by atoms with Crippen molar-refractivity contribution in [3.63, 3.8) is 0 Å². The van der Waals surface area contributed by atoms with Crippen molar-refractivity contribution in [2.45, 2.75) is 193 Å². The topological polar surface area (TPSA) is 46.5 Å². The standard InChI is InChI=1S/C33H66O3/c1-2-3-4-5-6-7-8-12-15-18-21-24-27-30-33(35)36-32-29-26-23-20-17-14-11-9-10-13-16-19-22-25-28-31-34/h34H,2-32H2,1H3. The zero-order valence-electron chi connectivity index (χ0n) is 24.7. The highest BCUT2D eigenvalue weighted by atomic mass is 16.5. The normalized spacial score (nSPS) is 11.3. The first kappa shape index (κ1) is 35.4. The Morgan fingerprint density at radius 3 is 1.11 bits per heavy atom. The monoisotopic (exact) mass is 511 g/mol. The number of hydrogen-bond donors (Lipinski definition) is 1. The van der Waals surface area contributed by atoms with E-state index >= 15 is 0 Å². The van der Waals surface area contributed by atoms with Crippen LogP contribution in [0.2, 0.25) is 0 Å². The predicted octanol–water partition coefficient (Wildman–Crippen LogP) is 10.9. The molecular weight excluding hydrogens is 444 g/mol. The minimum atomic E-state index is 0.0169. The lowest BCUT2D eigenvalue weighted by Gasteiger charge is -2.06. The highest BCUT2D eigenvalue weighted by molar-refractivity contribution is 5.69. The lowest BCUT2D eigenvalue weighted by atomic mass is 10.0. The Bertz CT molecular complexity index is 410. The molecule has 0 aromatic carbocycles. The molecule has 0 spiro atoms. The van der Waals surface area contributed by atoms with Gasteiger partial charge in [-0.3, -0.25) is 4.79 Å². The van der Waals surface area contributed by atoms with E-state index in [1.165, 1.54) is 161 Å². The van der Waals surface area contributed by atoms with Crippen LogP contribution < -0.4 is 0 Å². The summed E-state index contributed by atoms with van der Waals surface area (Å²) in [6, 6.07) is 0. The summed E-state index contributed by atoms with van der Waals surface area (Å²) in [6.07, 6.45) is 37.3. The van der Waals surface area contributed by atoms with Crippen molar-refractivity contribution in [3.05, 3.63) is 0 Å². The van der Waals surface area contributed by atoms with Crippen molar-refractivity contribution in [2.24, 2.45) is 0 Å². The number of hydrogen-bond acceptors (Lipinski definition) is 3. The van der Waals surface area contributed by atoms with Gasteiger partial charge in [-0.1, -0.05) is 167 Å². The molecule has 3 nitrogen and oxygen atoms in total. The zero-order valence-corrected chi connectivity index (χ0v) is 24.7. The maximum atomic E-state index is 11.9. The first-order valence-corrected chi connectivity index (χ1v) is 16.6. The molecule has 0 bridgehead atoms. The summed E-state index contributed by atoms with van der Waals surface area (Å²) in [5, 5.41) is 8.77. The third-order valence-electron chi connectivity index (χ3n) is 7.55. The van der Waals surface area contributed by atoms with Gasteiger partial charge in [-0.05, 0) is 19.3 Å². The lowest BCUT2D eigenvalue weighted by molar-refractivity contribution is -0.143. The number of ether oxygens (including phenoxy) is 1. The van der Waals surface area contributed by atoms with Crippen LogP contribution >= 0.6 is 0 Å². The smallest absolute Gasteiger partial charge is 0.305 e. The van der Waals surface area contributed by atoms with Gasteiger partial charge in [0.25, 0.3) is 0 Å². The summed E-state index contributed by atoms with van der Waals surface area (Å²) in [5.41, 5.74) is 0. The Morgan fingerprint density at radius 2 is 0.750 bits per heavy atom. The van der Waals surface area contributed by atoms with Gasteiger partial charge in [0.2, 0.25) is 0 Å². The molecule has 0 aliphatic heterocycles. The first-order valence-electron chi connectivity index (χ1n) is 16.6. The van der Waals surface area contributed by atoms with Gasteiger partial charge >= 0.3 is 5.97 Å². The number of unbranched alkanes of at least 4 members (excludes halogenated alkanes) is 26. The average Bonchev–Trinajstić information content (AvgIpc) is 2.88. The summed E-state index contributed by atoms with van der Waals surface area (Å²) < 4.78 is 5.42. The second-order valence-electron chi connectivity index (χ2n) is 11.2. The molecule has 0 unspecified atom stereocenters. The van der Waals surface area contributed by atoms with E-state index in [1.54, 1.807) is 0 Å². The van der Waals surface area contributed by atoms with E-state index in [2.05, 4.69) is 6.92 Å². The fourth-order valence-electron chi connectivity index (χ4n) is 5.06. The molecule has 3 heteroatoms. The Labute approximate surface area is 226 Å². The number of carbonyl (C=O) groups is 1. The molecular formula is C33H66O3. The van der Waals surface area contributed by atoms with Gasteiger partial charge in [0.1, 0.15) is 0 Å². The predicted molar refractivity (Wildman–Crippen MR) is 158 cm³/mol.